The fraction of sp³-hybridized carbons (Fsp3) is 0.364. The van der Waals surface area contributed by atoms with Gasteiger partial charge < -0.3 is 14.9 Å². The Morgan fingerprint density at radius 3 is 2.43 bits per heavy atom. The van der Waals surface area contributed by atoms with Crippen molar-refractivity contribution in [3.63, 3.8) is 0 Å². The number of benzene rings is 1. The lowest BCUT2D eigenvalue weighted by atomic mass is 10.00. The molecule has 28 heavy (non-hydrogen) atoms. The van der Waals surface area contributed by atoms with E-state index in [0.717, 1.165) is 30.9 Å². The van der Waals surface area contributed by atoms with Crippen molar-refractivity contribution >= 4 is 28.8 Å². The van der Waals surface area contributed by atoms with E-state index in [2.05, 4.69) is 18.7 Å². The number of Topliss-reactive ketones (excluding diaryl/α,β-unsaturated/α-hetero) is 1. The zero-order chi connectivity index (χ0) is 20.1. The highest BCUT2D eigenvalue weighted by Gasteiger charge is 2.46. The van der Waals surface area contributed by atoms with Gasteiger partial charge in [-0.15, -0.1) is 11.3 Å². The molecule has 1 unspecified atom stereocenters. The maximum atomic E-state index is 12.8. The number of hydrogen-bond acceptors (Lipinski definition) is 5. The van der Waals surface area contributed by atoms with Crippen molar-refractivity contribution in [2.24, 2.45) is 0 Å². The van der Waals surface area contributed by atoms with Crippen molar-refractivity contribution in [3.8, 4) is 0 Å². The molecule has 2 heterocycles. The Balaban J connectivity index is 1.94. The molecule has 1 saturated heterocycles. The summed E-state index contributed by atoms with van der Waals surface area (Å²) in [5.74, 6) is -1.25. The average molecular weight is 399 g/mol. The van der Waals surface area contributed by atoms with Crippen LogP contribution in [0.2, 0.25) is 0 Å². The molecule has 0 spiro atoms. The monoisotopic (exact) mass is 398 g/mol. The summed E-state index contributed by atoms with van der Waals surface area (Å²) in [6.07, 6.45) is 0.780. The second-order valence-electron chi connectivity index (χ2n) is 6.75. The minimum absolute atomic E-state index is 0.108. The third-order valence-corrected chi connectivity index (χ3v) is 6.09. The maximum absolute atomic E-state index is 12.8. The lowest BCUT2D eigenvalue weighted by molar-refractivity contribution is -0.139. The first-order chi connectivity index (χ1) is 13.6. The lowest BCUT2D eigenvalue weighted by Crippen LogP contribution is -2.33. The Morgan fingerprint density at radius 2 is 1.82 bits per heavy atom. The van der Waals surface area contributed by atoms with Gasteiger partial charge in [-0.1, -0.05) is 50.2 Å². The van der Waals surface area contributed by atoms with Crippen LogP contribution >= 0.6 is 11.3 Å². The van der Waals surface area contributed by atoms with Crippen molar-refractivity contribution < 1.29 is 14.7 Å². The van der Waals surface area contributed by atoms with Crippen LogP contribution in [0.25, 0.3) is 5.76 Å². The molecule has 6 heteroatoms. The molecule has 5 nitrogen and oxygen atoms in total. The number of likely N-dealkylation sites (tertiary alicyclic amines) is 1. The molecule has 2 aromatic rings. The highest BCUT2D eigenvalue weighted by Crippen LogP contribution is 2.41. The van der Waals surface area contributed by atoms with E-state index in [1.165, 1.54) is 11.3 Å². The fourth-order valence-electron chi connectivity index (χ4n) is 3.61. The number of carbonyl (C=O) groups excluding carboxylic acids is 2. The van der Waals surface area contributed by atoms with Gasteiger partial charge in [0, 0.05) is 17.0 Å². The number of hydrogen-bond donors (Lipinski definition) is 1. The summed E-state index contributed by atoms with van der Waals surface area (Å²) < 4.78 is 0. The molecule has 3 rings (SSSR count). The Morgan fingerprint density at radius 1 is 1.11 bits per heavy atom. The molecule has 1 fully saturated rings. The van der Waals surface area contributed by atoms with Gasteiger partial charge in [0.25, 0.3) is 11.7 Å². The van der Waals surface area contributed by atoms with Crippen LogP contribution in [-0.4, -0.2) is 52.8 Å². The van der Waals surface area contributed by atoms with Gasteiger partial charge >= 0.3 is 0 Å². The molecular weight excluding hydrogens is 372 g/mol. The number of rotatable bonds is 8. The summed E-state index contributed by atoms with van der Waals surface area (Å²) >= 11 is 1.49. The highest BCUT2D eigenvalue weighted by atomic mass is 32.1. The number of aliphatic hydroxyl groups excluding tert-OH is 1. The van der Waals surface area contributed by atoms with Crippen LogP contribution in [0.5, 0.6) is 0 Å². The van der Waals surface area contributed by atoms with Gasteiger partial charge in [0.05, 0.1) is 11.6 Å². The zero-order valence-electron chi connectivity index (χ0n) is 16.3. The minimum atomic E-state index is -0.609. The second-order valence-corrected chi connectivity index (χ2v) is 7.73. The van der Waals surface area contributed by atoms with E-state index in [1.54, 1.807) is 29.2 Å². The Labute approximate surface area is 169 Å². The third kappa shape index (κ3) is 4.03. The van der Waals surface area contributed by atoms with E-state index in [1.807, 2.05) is 23.6 Å². The number of carbonyl (C=O) groups is 2. The number of aliphatic hydroxyl groups is 1. The Hall–Kier alpha value is -2.44. The number of amides is 1. The predicted octanol–water partition coefficient (Wildman–Crippen LogP) is 3.90. The zero-order valence-corrected chi connectivity index (χ0v) is 17.1. The van der Waals surface area contributed by atoms with Crippen molar-refractivity contribution in [3.05, 3.63) is 63.9 Å². The fourth-order valence-corrected chi connectivity index (χ4v) is 4.45. The van der Waals surface area contributed by atoms with Crippen LogP contribution < -0.4 is 0 Å². The number of thiophene rings is 1. The first kappa shape index (κ1) is 20.3. The van der Waals surface area contributed by atoms with Crippen molar-refractivity contribution in [2.45, 2.75) is 26.3 Å². The molecule has 1 aromatic heterocycles. The molecule has 1 amide bonds. The van der Waals surface area contributed by atoms with Crippen LogP contribution in [0.3, 0.4) is 0 Å². The topological polar surface area (TPSA) is 60.9 Å². The highest BCUT2D eigenvalue weighted by molar-refractivity contribution is 7.10. The SMILES string of the molecule is CCN(CC)CCCN1C(=O)C(=O)/C(=C(\O)c2ccccc2)C1c1cccs1. The quantitative estimate of drug-likeness (QED) is 0.416. The molecule has 1 atom stereocenters. The third-order valence-electron chi connectivity index (χ3n) is 5.17. The molecule has 148 valence electrons. The first-order valence-electron chi connectivity index (χ1n) is 9.68. The van der Waals surface area contributed by atoms with Gasteiger partial charge in [-0.25, -0.2) is 0 Å². The lowest BCUT2D eigenvalue weighted by Gasteiger charge is -2.25. The van der Waals surface area contributed by atoms with E-state index < -0.39 is 17.7 Å². The van der Waals surface area contributed by atoms with Gasteiger partial charge in [-0.05, 0) is 37.5 Å². The van der Waals surface area contributed by atoms with Crippen LogP contribution in [0.1, 0.15) is 36.8 Å². The van der Waals surface area contributed by atoms with Crippen LogP contribution in [0.15, 0.2) is 53.4 Å². The summed E-state index contributed by atoms with van der Waals surface area (Å²) in [4.78, 5) is 30.4. The minimum Gasteiger partial charge on any atom is -0.507 e. The van der Waals surface area contributed by atoms with Gasteiger partial charge in [-0.2, -0.15) is 0 Å². The van der Waals surface area contributed by atoms with E-state index in [0.29, 0.717) is 12.1 Å². The van der Waals surface area contributed by atoms with Crippen molar-refractivity contribution in [2.75, 3.05) is 26.2 Å². The van der Waals surface area contributed by atoms with E-state index in [9.17, 15) is 14.7 Å². The van der Waals surface area contributed by atoms with Crippen molar-refractivity contribution in [1.29, 1.82) is 0 Å². The summed E-state index contributed by atoms with van der Waals surface area (Å²) in [5.41, 5.74) is 0.728. The summed E-state index contributed by atoms with van der Waals surface area (Å²) in [6.45, 7) is 7.48. The van der Waals surface area contributed by atoms with E-state index >= 15 is 0 Å². The van der Waals surface area contributed by atoms with Crippen LogP contribution in [0, 0.1) is 0 Å². The Bertz CT molecular complexity index is 842. The number of ketones is 1. The van der Waals surface area contributed by atoms with Gasteiger partial charge in [0.2, 0.25) is 0 Å². The largest absolute Gasteiger partial charge is 0.507 e. The first-order valence-corrected chi connectivity index (χ1v) is 10.6. The predicted molar refractivity (Wildman–Crippen MR) is 112 cm³/mol. The molecule has 1 N–H and O–H groups in total. The molecule has 0 saturated carbocycles. The molecule has 0 radical (unpaired) electrons. The van der Waals surface area contributed by atoms with Crippen LogP contribution in [0.4, 0.5) is 0 Å². The molecular formula is C22H26N2O3S. The van der Waals surface area contributed by atoms with E-state index in [-0.39, 0.29) is 11.3 Å². The molecule has 1 aliphatic rings. The molecule has 1 aromatic carbocycles. The smallest absolute Gasteiger partial charge is 0.295 e. The van der Waals surface area contributed by atoms with Gasteiger partial charge in [-0.3, -0.25) is 9.59 Å². The Kier molecular flexibility index (Phi) is 6.65. The number of nitrogens with zero attached hydrogens (tertiary/aromatic N) is 2. The van der Waals surface area contributed by atoms with Gasteiger partial charge in [0.15, 0.2) is 0 Å². The normalized spacial score (nSPS) is 19.0. The summed E-state index contributed by atoms with van der Waals surface area (Å²) in [6, 6.07) is 12.2. The van der Waals surface area contributed by atoms with Crippen molar-refractivity contribution in [1.82, 2.24) is 9.80 Å². The van der Waals surface area contributed by atoms with Crippen LogP contribution in [-0.2, 0) is 9.59 Å². The van der Waals surface area contributed by atoms with E-state index in [4.69, 9.17) is 0 Å². The summed E-state index contributed by atoms with van der Waals surface area (Å²) in [7, 11) is 0. The maximum Gasteiger partial charge on any atom is 0.295 e. The molecule has 1 aliphatic heterocycles. The second kappa shape index (κ2) is 9.17. The standard InChI is InChI=1S/C22H26N2O3S/c1-3-23(4-2)13-9-14-24-19(17-12-8-15-28-17)18(21(26)22(24)27)20(25)16-10-6-5-7-11-16/h5-8,10-12,15,19,25H,3-4,9,13-14H2,1-2H3/b20-18-. The molecule has 0 bridgehead atoms. The molecule has 0 aliphatic carbocycles. The summed E-state index contributed by atoms with van der Waals surface area (Å²) in [5, 5.41) is 12.8. The average Bonchev–Trinajstić information content (AvgIpc) is 3.33. The van der Waals surface area contributed by atoms with Gasteiger partial charge in [0.1, 0.15) is 5.76 Å².